The topological polar surface area (TPSA) is 98.2 Å². The van der Waals surface area contributed by atoms with Crippen molar-refractivity contribution in [3.8, 4) is 17.2 Å². The van der Waals surface area contributed by atoms with E-state index in [2.05, 4.69) is 15.8 Å². The van der Waals surface area contributed by atoms with Gasteiger partial charge in [0.25, 0.3) is 5.91 Å². The number of amides is 1. The number of anilines is 1. The van der Waals surface area contributed by atoms with E-state index in [-0.39, 0.29) is 19.2 Å². The van der Waals surface area contributed by atoms with Gasteiger partial charge in [0.15, 0.2) is 11.5 Å². The Labute approximate surface area is 184 Å². The first kappa shape index (κ1) is 20.9. The minimum absolute atomic E-state index is 0.0909. The van der Waals surface area contributed by atoms with Crippen molar-refractivity contribution in [1.29, 1.82) is 0 Å². The van der Waals surface area contributed by atoms with Crippen molar-refractivity contribution in [2.75, 3.05) is 18.7 Å². The van der Waals surface area contributed by atoms with Crippen LogP contribution in [0.4, 0.5) is 5.69 Å². The number of carbonyl (C=O) groups excluding carboxylic acids is 2. The molecule has 0 radical (unpaired) electrons. The smallest absolute Gasteiger partial charge is 0.343 e. The highest BCUT2D eigenvalue weighted by Crippen LogP contribution is 2.32. The van der Waals surface area contributed by atoms with Crippen molar-refractivity contribution in [3.63, 3.8) is 0 Å². The average molecular weight is 431 g/mol. The third-order valence-electron chi connectivity index (χ3n) is 4.58. The number of nitrogens with zero attached hydrogens (tertiary/aromatic N) is 1. The number of hydrogen-bond donors (Lipinski definition) is 2. The number of esters is 1. The first-order valence-corrected chi connectivity index (χ1v) is 9.91. The third-order valence-corrected chi connectivity index (χ3v) is 4.58. The van der Waals surface area contributed by atoms with E-state index in [1.54, 1.807) is 42.5 Å². The summed E-state index contributed by atoms with van der Waals surface area (Å²) < 4.78 is 16.0. The number of hydrazone groups is 1. The maximum absolute atomic E-state index is 12.4. The molecule has 0 saturated heterocycles. The zero-order valence-electron chi connectivity index (χ0n) is 17.3. The van der Waals surface area contributed by atoms with Crippen LogP contribution in [0.15, 0.2) is 71.8 Å². The highest BCUT2D eigenvalue weighted by molar-refractivity contribution is 5.92. The molecule has 1 aliphatic rings. The monoisotopic (exact) mass is 431 g/mol. The number of fused-ring (bicyclic) bond motifs is 1. The van der Waals surface area contributed by atoms with Crippen LogP contribution in [0.3, 0.4) is 0 Å². The maximum atomic E-state index is 12.4. The van der Waals surface area contributed by atoms with Gasteiger partial charge in [0, 0.05) is 5.69 Å². The van der Waals surface area contributed by atoms with Gasteiger partial charge in [0.1, 0.15) is 5.75 Å². The molecule has 0 saturated carbocycles. The van der Waals surface area contributed by atoms with Crippen molar-refractivity contribution in [3.05, 3.63) is 83.4 Å². The van der Waals surface area contributed by atoms with Gasteiger partial charge in [-0.1, -0.05) is 29.8 Å². The summed E-state index contributed by atoms with van der Waals surface area (Å²) in [5, 5.41) is 6.97. The van der Waals surface area contributed by atoms with E-state index in [9.17, 15) is 9.59 Å². The van der Waals surface area contributed by atoms with Crippen LogP contribution in [0.25, 0.3) is 0 Å². The standard InChI is InChI=1S/C24H21N3O5/c1-16-5-8-19(9-6-16)25-14-23(28)27-26-13-17-3-2-4-20(11-17)32-24(29)18-7-10-21-22(12-18)31-15-30-21/h2-13,25H,14-15H2,1H3,(H,27,28)/b26-13-. The Kier molecular flexibility index (Phi) is 6.31. The average Bonchev–Trinajstić information content (AvgIpc) is 3.27. The summed E-state index contributed by atoms with van der Waals surface area (Å²) in [5.41, 5.74) is 5.47. The molecule has 4 rings (SSSR count). The van der Waals surface area contributed by atoms with E-state index < -0.39 is 5.97 Å². The SMILES string of the molecule is Cc1ccc(NCC(=O)N/N=C\c2cccc(OC(=O)c3ccc4c(c3)OCO4)c2)cc1. The minimum atomic E-state index is -0.520. The number of ether oxygens (including phenoxy) is 3. The molecular formula is C24H21N3O5. The van der Waals surface area contributed by atoms with Crippen LogP contribution in [0, 0.1) is 6.92 Å². The van der Waals surface area contributed by atoms with E-state index in [0.29, 0.717) is 28.4 Å². The lowest BCUT2D eigenvalue weighted by Crippen LogP contribution is -2.25. The number of benzene rings is 3. The second-order valence-electron chi connectivity index (χ2n) is 7.04. The Morgan fingerprint density at radius 1 is 1.03 bits per heavy atom. The summed E-state index contributed by atoms with van der Waals surface area (Å²) in [5.74, 6) is 0.646. The summed E-state index contributed by atoms with van der Waals surface area (Å²) in [6.07, 6.45) is 1.47. The van der Waals surface area contributed by atoms with Crippen LogP contribution >= 0.6 is 0 Å². The molecule has 0 fully saturated rings. The number of carbonyl (C=O) groups is 2. The van der Waals surface area contributed by atoms with Crippen molar-refractivity contribution in [1.82, 2.24) is 5.43 Å². The zero-order valence-corrected chi connectivity index (χ0v) is 17.3. The second kappa shape index (κ2) is 9.65. The minimum Gasteiger partial charge on any atom is -0.454 e. The number of nitrogens with one attached hydrogen (secondary N) is 2. The van der Waals surface area contributed by atoms with Crippen LogP contribution in [0.5, 0.6) is 17.2 Å². The molecule has 0 bridgehead atoms. The molecule has 0 atom stereocenters. The molecule has 32 heavy (non-hydrogen) atoms. The molecule has 0 aromatic heterocycles. The molecule has 1 heterocycles. The molecule has 3 aromatic carbocycles. The molecule has 8 nitrogen and oxygen atoms in total. The van der Waals surface area contributed by atoms with Gasteiger partial charge in [0.2, 0.25) is 6.79 Å². The lowest BCUT2D eigenvalue weighted by atomic mass is 10.2. The lowest BCUT2D eigenvalue weighted by molar-refractivity contribution is -0.119. The van der Waals surface area contributed by atoms with Crippen molar-refractivity contribution < 1.29 is 23.8 Å². The van der Waals surface area contributed by atoms with E-state index in [0.717, 1.165) is 11.3 Å². The van der Waals surface area contributed by atoms with Crippen LogP contribution in [-0.2, 0) is 4.79 Å². The summed E-state index contributed by atoms with van der Waals surface area (Å²) >= 11 is 0. The Morgan fingerprint density at radius 3 is 2.69 bits per heavy atom. The molecule has 0 spiro atoms. The molecule has 1 aliphatic heterocycles. The van der Waals surface area contributed by atoms with Crippen LogP contribution in [-0.4, -0.2) is 31.4 Å². The Balaban J connectivity index is 1.29. The maximum Gasteiger partial charge on any atom is 0.343 e. The van der Waals surface area contributed by atoms with Gasteiger partial charge in [0.05, 0.1) is 18.3 Å². The van der Waals surface area contributed by atoms with Crippen molar-refractivity contribution in [2.24, 2.45) is 5.10 Å². The summed E-state index contributed by atoms with van der Waals surface area (Å²) in [6, 6.07) is 19.4. The van der Waals surface area contributed by atoms with Gasteiger partial charge >= 0.3 is 5.97 Å². The molecule has 162 valence electrons. The van der Waals surface area contributed by atoms with Crippen molar-refractivity contribution >= 4 is 23.8 Å². The number of rotatable bonds is 7. The van der Waals surface area contributed by atoms with Gasteiger partial charge in [-0.25, -0.2) is 10.2 Å². The summed E-state index contributed by atoms with van der Waals surface area (Å²) in [4.78, 5) is 24.4. The predicted octanol–water partition coefficient (Wildman–Crippen LogP) is 3.51. The largest absolute Gasteiger partial charge is 0.454 e. The molecule has 8 heteroatoms. The first-order valence-electron chi connectivity index (χ1n) is 9.91. The normalized spacial score (nSPS) is 11.9. The van der Waals surface area contributed by atoms with Gasteiger partial charge in [-0.3, -0.25) is 4.79 Å². The van der Waals surface area contributed by atoms with Crippen molar-refractivity contribution in [2.45, 2.75) is 6.92 Å². The fourth-order valence-corrected chi connectivity index (χ4v) is 2.92. The van der Waals surface area contributed by atoms with Gasteiger partial charge in [-0.05, 0) is 55.0 Å². The van der Waals surface area contributed by atoms with E-state index in [4.69, 9.17) is 14.2 Å². The van der Waals surface area contributed by atoms with E-state index >= 15 is 0 Å². The first-order chi connectivity index (χ1) is 15.6. The van der Waals surface area contributed by atoms with Gasteiger partial charge in [-0.15, -0.1) is 0 Å². The third kappa shape index (κ3) is 5.42. The summed E-state index contributed by atoms with van der Waals surface area (Å²) in [6.45, 7) is 2.22. The van der Waals surface area contributed by atoms with Crippen LogP contribution < -0.4 is 25.0 Å². The van der Waals surface area contributed by atoms with Crippen LogP contribution in [0.1, 0.15) is 21.5 Å². The number of hydrogen-bond acceptors (Lipinski definition) is 7. The predicted molar refractivity (Wildman–Crippen MR) is 119 cm³/mol. The molecule has 1 amide bonds. The van der Waals surface area contributed by atoms with Crippen LogP contribution in [0.2, 0.25) is 0 Å². The van der Waals surface area contributed by atoms with E-state index in [1.807, 2.05) is 31.2 Å². The Morgan fingerprint density at radius 2 is 1.84 bits per heavy atom. The molecule has 0 aliphatic carbocycles. The molecule has 3 aromatic rings. The highest BCUT2D eigenvalue weighted by atomic mass is 16.7. The van der Waals surface area contributed by atoms with Gasteiger partial charge < -0.3 is 19.5 Å². The van der Waals surface area contributed by atoms with Gasteiger partial charge in [-0.2, -0.15) is 5.10 Å². The zero-order chi connectivity index (χ0) is 22.3. The molecule has 0 unspecified atom stereocenters. The number of aryl methyl sites for hydroxylation is 1. The lowest BCUT2D eigenvalue weighted by Gasteiger charge is -2.06. The fraction of sp³-hybridized carbons (Fsp3) is 0.125. The Bertz CT molecular complexity index is 1160. The second-order valence-corrected chi connectivity index (χ2v) is 7.04. The highest BCUT2D eigenvalue weighted by Gasteiger charge is 2.17. The fourth-order valence-electron chi connectivity index (χ4n) is 2.92. The Hall–Kier alpha value is -4.33. The quantitative estimate of drug-likeness (QED) is 0.257. The molecular weight excluding hydrogens is 410 g/mol. The molecule has 2 N–H and O–H groups in total. The summed E-state index contributed by atoms with van der Waals surface area (Å²) in [7, 11) is 0. The van der Waals surface area contributed by atoms with E-state index in [1.165, 1.54) is 6.21 Å².